The van der Waals surface area contributed by atoms with E-state index in [1.54, 1.807) is 0 Å². The summed E-state index contributed by atoms with van der Waals surface area (Å²) in [7, 11) is 1.51. The lowest BCUT2D eigenvalue weighted by molar-refractivity contribution is -0.0365. The molecule has 1 fully saturated rings. The highest BCUT2D eigenvalue weighted by molar-refractivity contribution is 14.1. The molecule has 1 aromatic rings. The van der Waals surface area contributed by atoms with Gasteiger partial charge in [-0.25, -0.2) is 0 Å². The third-order valence-electron chi connectivity index (χ3n) is 3.91. The second-order valence-electron chi connectivity index (χ2n) is 6.07. The summed E-state index contributed by atoms with van der Waals surface area (Å²) in [5.41, 5.74) is 9.08. The average molecular weight is 405 g/mol. The van der Waals surface area contributed by atoms with Gasteiger partial charge in [0.25, 0.3) is 0 Å². The summed E-state index contributed by atoms with van der Waals surface area (Å²) in [5.74, 6) is 0. The molecule has 1 atom stereocenters. The molecule has 6 heteroatoms. The first kappa shape index (κ1) is 16.8. The minimum atomic E-state index is -0.789. The number of methoxy groups -OCH3 is 1. The highest BCUT2D eigenvalue weighted by atomic mass is 127. The lowest BCUT2D eigenvalue weighted by atomic mass is 9.90. The summed E-state index contributed by atoms with van der Waals surface area (Å²) < 4.78 is 6.83. The van der Waals surface area contributed by atoms with Crippen LogP contribution in [0.4, 0.5) is 5.69 Å². The Labute approximate surface area is 139 Å². The molecule has 1 unspecified atom stereocenters. The van der Waals surface area contributed by atoms with Gasteiger partial charge in [-0.05, 0) is 45.6 Å². The molecule has 5 nitrogen and oxygen atoms in total. The van der Waals surface area contributed by atoms with Gasteiger partial charge in [-0.3, -0.25) is 4.68 Å². The highest BCUT2D eigenvalue weighted by Gasteiger charge is 2.26. The molecule has 1 aliphatic carbocycles. The molecule has 1 heterocycles. The van der Waals surface area contributed by atoms with E-state index in [1.165, 1.54) is 12.7 Å². The summed E-state index contributed by atoms with van der Waals surface area (Å²) in [6.45, 7) is 4.23. The number of aliphatic hydroxyl groups excluding tert-OH is 1. The number of aromatic nitrogens is 2. The fourth-order valence-corrected chi connectivity index (χ4v) is 3.15. The smallest absolute Gasteiger partial charge is 0.173 e. The zero-order valence-electron chi connectivity index (χ0n) is 12.8. The number of allylic oxidation sites excluding steroid dienone is 1. The van der Waals surface area contributed by atoms with E-state index >= 15 is 0 Å². The predicted molar refractivity (Wildman–Crippen MR) is 92.3 cm³/mol. The van der Waals surface area contributed by atoms with Crippen molar-refractivity contribution in [2.75, 3.05) is 12.8 Å². The summed E-state index contributed by atoms with van der Waals surface area (Å²) >= 11 is 2.37. The van der Waals surface area contributed by atoms with Crippen molar-refractivity contribution in [1.29, 1.82) is 0 Å². The molecule has 2 rings (SSSR count). The summed E-state index contributed by atoms with van der Waals surface area (Å²) in [6, 6.07) is 0.386. The number of anilines is 1. The van der Waals surface area contributed by atoms with Crippen molar-refractivity contribution in [2.24, 2.45) is 0 Å². The van der Waals surface area contributed by atoms with Crippen LogP contribution in [-0.2, 0) is 8.16 Å². The van der Waals surface area contributed by atoms with Crippen LogP contribution in [0.1, 0.15) is 51.3 Å². The van der Waals surface area contributed by atoms with E-state index in [0.29, 0.717) is 6.04 Å². The lowest BCUT2D eigenvalue weighted by Gasteiger charge is -2.25. The largest absolute Gasteiger partial charge is 0.396 e. The van der Waals surface area contributed by atoms with Gasteiger partial charge >= 0.3 is 0 Å². The second kappa shape index (κ2) is 6.66. The summed E-state index contributed by atoms with van der Waals surface area (Å²) in [4.78, 5) is 0. The third kappa shape index (κ3) is 4.20. The van der Waals surface area contributed by atoms with Gasteiger partial charge in [-0.1, -0.05) is 28.2 Å². The SMILES string of the molecule is COC(O)C=C1CCC(n2cc(N)c(C(C)(C)I)n2)CC1. The van der Waals surface area contributed by atoms with Crippen LogP contribution >= 0.6 is 22.6 Å². The fraction of sp³-hybridized carbons (Fsp3) is 0.667. The van der Waals surface area contributed by atoms with E-state index in [4.69, 9.17) is 15.6 Å². The van der Waals surface area contributed by atoms with E-state index in [0.717, 1.165) is 37.1 Å². The Morgan fingerprint density at radius 1 is 1.52 bits per heavy atom. The van der Waals surface area contributed by atoms with Gasteiger partial charge in [0.2, 0.25) is 0 Å². The monoisotopic (exact) mass is 405 g/mol. The standard InChI is InChI=1S/C15H24IN3O2/c1-15(2,16)14-12(17)9-19(18-14)11-6-4-10(5-7-11)8-13(20)21-3/h8-9,11,13,20H,4-7,17H2,1-3H3. The van der Waals surface area contributed by atoms with Crippen molar-refractivity contribution in [1.82, 2.24) is 9.78 Å². The number of hydrogen-bond donors (Lipinski definition) is 2. The van der Waals surface area contributed by atoms with Crippen LogP contribution in [-0.4, -0.2) is 28.3 Å². The number of hydrogen-bond acceptors (Lipinski definition) is 4. The van der Waals surface area contributed by atoms with Crippen LogP contribution in [0, 0.1) is 0 Å². The lowest BCUT2D eigenvalue weighted by Crippen LogP contribution is -2.17. The molecular formula is C15H24IN3O2. The Morgan fingerprint density at radius 3 is 2.62 bits per heavy atom. The molecule has 1 aromatic heterocycles. The molecule has 0 amide bonds. The van der Waals surface area contributed by atoms with Gasteiger partial charge in [-0.2, -0.15) is 5.10 Å². The molecule has 1 aliphatic rings. The Morgan fingerprint density at radius 2 is 2.14 bits per heavy atom. The fourth-order valence-electron chi connectivity index (χ4n) is 2.73. The topological polar surface area (TPSA) is 73.3 Å². The number of nitrogens with two attached hydrogens (primary N) is 1. The highest BCUT2D eigenvalue weighted by Crippen LogP contribution is 2.36. The van der Waals surface area contributed by atoms with Crippen LogP contribution in [0.25, 0.3) is 0 Å². The van der Waals surface area contributed by atoms with E-state index in [9.17, 15) is 5.11 Å². The quantitative estimate of drug-likeness (QED) is 0.350. The molecule has 118 valence electrons. The van der Waals surface area contributed by atoms with Gasteiger partial charge < -0.3 is 15.6 Å². The van der Waals surface area contributed by atoms with E-state index < -0.39 is 6.29 Å². The van der Waals surface area contributed by atoms with E-state index in [2.05, 4.69) is 36.4 Å². The zero-order valence-corrected chi connectivity index (χ0v) is 15.0. The molecule has 1 saturated carbocycles. The minimum Gasteiger partial charge on any atom is -0.396 e. The predicted octanol–water partition coefficient (Wildman–Crippen LogP) is 3.14. The molecule has 0 saturated heterocycles. The normalized spacial score (nSPS) is 21.4. The van der Waals surface area contributed by atoms with Gasteiger partial charge in [0, 0.05) is 13.3 Å². The molecule has 0 bridgehead atoms. The van der Waals surface area contributed by atoms with Crippen LogP contribution in [0.15, 0.2) is 17.8 Å². The number of nitrogens with zero attached hydrogens (tertiary/aromatic N) is 2. The van der Waals surface area contributed by atoms with Crippen molar-refractivity contribution >= 4 is 28.3 Å². The number of rotatable bonds is 4. The third-order valence-corrected chi connectivity index (χ3v) is 4.43. The number of nitrogen functional groups attached to an aromatic ring is 1. The van der Waals surface area contributed by atoms with Crippen molar-refractivity contribution < 1.29 is 9.84 Å². The molecule has 3 N–H and O–H groups in total. The van der Waals surface area contributed by atoms with Crippen molar-refractivity contribution in [3.8, 4) is 0 Å². The van der Waals surface area contributed by atoms with Crippen molar-refractivity contribution in [3.63, 3.8) is 0 Å². The molecular weight excluding hydrogens is 381 g/mol. The van der Waals surface area contributed by atoms with Gasteiger partial charge in [-0.15, -0.1) is 0 Å². The first-order valence-corrected chi connectivity index (χ1v) is 8.33. The Bertz CT molecular complexity index is 509. The van der Waals surface area contributed by atoms with Crippen LogP contribution in [0.2, 0.25) is 0 Å². The summed E-state index contributed by atoms with van der Waals surface area (Å²) in [6.07, 6.45) is 6.95. The maximum atomic E-state index is 9.49. The maximum Gasteiger partial charge on any atom is 0.173 e. The maximum absolute atomic E-state index is 9.49. The van der Waals surface area contributed by atoms with Crippen LogP contribution in [0.3, 0.4) is 0 Å². The van der Waals surface area contributed by atoms with Gasteiger partial charge in [0.05, 0.1) is 15.2 Å². The number of ether oxygens (including phenoxy) is 1. The number of halogens is 1. The van der Waals surface area contributed by atoms with Crippen molar-refractivity contribution in [3.05, 3.63) is 23.5 Å². The van der Waals surface area contributed by atoms with E-state index in [-0.39, 0.29) is 3.42 Å². The van der Waals surface area contributed by atoms with E-state index in [1.807, 2.05) is 17.0 Å². The van der Waals surface area contributed by atoms with Gasteiger partial charge in [0.15, 0.2) is 6.29 Å². The second-order valence-corrected chi connectivity index (χ2v) is 8.76. The van der Waals surface area contributed by atoms with Crippen LogP contribution < -0.4 is 5.73 Å². The molecule has 0 spiro atoms. The number of alkyl halides is 1. The zero-order chi connectivity index (χ0) is 15.6. The van der Waals surface area contributed by atoms with Crippen LogP contribution in [0.5, 0.6) is 0 Å². The Balaban J connectivity index is 2.05. The molecule has 0 aliphatic heterocycles. The Kier molecular flexibility index (Phi) is 5.32. The number of aliphatic hydroxyl groups is 1. The Hall–Kier alpha value is -0.600. The van der Waals surface area contributed by atoms with Gasteiger partial charge in [0.1, 0.15) is 5.69 Å². The minimum absolute atomic E-state index is 0.0601. The average Bonchev–Trinajstić information content (AvgIpc) is 2.81. The molecule has 0 aromatic carbocycles. The first-order chi connectivity index (χ1) is 9.81. The summed E-state index contributed by atoms with van der Waals surface area (Å²) in [5, 5.41) is 14.2. The molecule has 21 heavy (non-hydrogen) atoms. The first-order valence-electron chi connectivity index (χ1n) is 7.25. The van der Waals surface area contributed by atoms with Crippen molar-refractivity contribution in [2.45, 2.75) is 55.3 Å². The molecule has 0 radical (unpaired) electrons.